The molecule has 2 aliphatic heterocycles. The van der Waals surface area contributed by atoms with E-state index < -0.39 is 10.0 Å². The van der Waals surface area contributed by atoms with E-state index in [0.29, 0.717) is 23.9 Å². The Balaban J connectivity index is 0.00000208. The molecule has 3 heterocycles. The summed E-state index contributed by atoms with van der Waals surface area (Å²) < 4.78 is 27.1. The van der Waals surface area contributed by atoms with Gasteiger partial charge in [0.2, 0.25) is 0 Å². The second kappa shape index (κ2) is 8.14. The monoisotopic (exact) mass is 393 g/mol. The van der Waals surface area contributed by atoms with E-state index in [9.17, 15) is 13.2 Å². The van der Waals surface area contributed by atoms with Gasteiger partial charge >= 0.3 is 0 Å². The number of sulfonamides is 1. The Morgan fingerprint density at radius 2 is 2.00 bits per heavy atom. The fourth-order valence-electron chi connectivity index (χ4n) is 2.97. The van der Waals surface area contributed by atoms with Gasteiger partial charge in [0, 0.05) is 25.7 Å². The number of nitrogens with one attached hydrogen (secondary N) is 2. The van der Waals surface area contributed by atoms with Crippen LogP contribution in [0.4, 0.5) is 0 Å². The summed E-state index contributed by atoms with van der Waals surface area (Å²) in [6.07, 6.45) is 2.70. The maximum absolute atomic E-state index is 12.7. The van der Waals surface area contributed by atoms with Gasteiger partial charge in [-0.05, 0) is 43.9 Å². The molecule has 1 aromatic heterocycles. The molecular formula is C15H24ClN3O3S2. The second-order valence-electron chi connectivity index (χ2n) is 6.37. The molecule has 2 aliphatic rings. The Bertz CT molecular complexity index is 663. The minimum Gasteiger partial charge on any atom is -0.347 e. The maximum Gasteiger partial charge on any atom is 0.261 e. The molecule has 6 nitrogen and oxygen atoms in total. The molecule has 0 radical (unpaired) electrons. The highest BCUT2D eigenvalue weighted by Crippen LogP contribution is 2.28. The molecule has 0 saturated carbocycles. The summed E-state index contributed by atoms with van der Waals surface area (Å²) in [6.45, 7) is 4.96. The molecule has 0 spiro atoms. The third-order valence-corrected chi connectivity index (χ3v) is 7.99. The third-order valence-electron chi connectivity index (χ3n) is 4.54. The number of hydrogen-bond donors (Lipinski definition) is 2. The van der Waals surface area contributed by atoms with E-state index in [-0.39, 0.29) is 28.6 Å². The van der Waals surface area contributed by atoms with E-state index >= 15 is 0 Å². The van der Waals surface area contributed by atoms with Gasteiger partial charge in [-0.15, -0.1) is 23.7 Å². The van der Waals surface area contributed by atoms with E-state index in [4.69, 9.17) is 0 Å². The molecule has 2 fully saturated rings. The minimum absolute atomic E-state index is 0. The van der Waals surface area contributed by atoms with Gasteiger partial charge in [0.1, 0.15) is 4.21 Å². The normalized spacial score (nSPS) is 23.0. The van der Waals surface area contributed by atoms with Crippen LogP contribution in [0.1, 0.15) is 35.9 Å². The zero-order valence-electron chi connectivity index (χ0n) is 13.7. The highest BCUT2D eigenvalue weighted by Gasteiger charge is 2.30. The highest BCUT2D eigenvalue weighted by atomic mass is 35.5. The van der Waals surface area contributed by atoms with Gasteiger partial charge in [0.15, 0.2) is 0 Å². The van der Waals surface area contributed by atoms with Crippen molar-refractivity contribution in [3.63, 3.8) is 0 Å². The third kappa shape index (κ3) is 4.29. The Labute approximate surface area is 153 Å². The van der Waals surface area contributed by atoms with E-state index in [1.165, 1.54) is 0 Å². The van der Waals surface area contributed by atoms with Gasteiger partial charge in [0.05, 0.1) is 4.88 Å². The van der Waals surface area contributed by atoms with Crippen molar-refractivity contribution in [1.82, 2.24) is 14.9 Å². The van der Waals surface area contributed by atoms with Gasteiger partial charge in [-0.25, -0.2) is 8.42 Å². The number of nitrogens with zero attached hydrogens (tertiary/aromatic N) is 1. The maximum atomic E-state index is 12.7. The fourth-order valence-corrected chi connectivity index (χ4v) is 5.80. The van der Waals surface area contributed by atoms with Gasteiger partial charge in [-0.2, -0.15) is 4.31 Å². The van der Waals surface area contributed by atoms with Crippen LogP contribution in [0.3, 0.4) is 0 Å². The molecule has 1 amide bonds. The second-order valence-corrected chi connectivity index (χ2v) is 9.62. The molecule has 136 valence electrons. The molecule has 3 rings (SSSR count). The summed E-state index contributed by atoms with van der Waals surface area (Å²) in [6, 6.07) is 3.30. The summed E-state index contributed by atoms with van der Waals surface area (Å²) in [5.74, 6) is 0.392. The van der Waals surface area contributed by atoms with E-state index in [0.717, 1.165) is 43.7 Å². The van der Waals surface area contributed by atoms with Crippen LogP contribution in [0.2, 0.25) is 0 Å². The van der Waals surface area contributed by atoms with Gasteiger partial charge in [-0.1, -0.05) is 6.92 Å². The molecule has 1 atom stereocenters. The number of halogens is 1. The van der Waals surface area contributed by atoms with E-state index in [1.807, 2.05) is 0 Å². The first-order valence-electron chi connectivity index (χ1n) is 8.08. The molecule has 9 heteroatoms. The zero-order valence-corrected chi connectivity index (χ0v) is 16.1. The van der Waals surface area contributed by atoms with Crippen molar-refractivity contribution >= 4 is 39.7 Å². The van der Waals surface area contributed by atoms with Crippen molar-refractivity contribution in [2.75, 3.05) is 26.2 Å². The smallest absolute Gasteiger partial charge is 0.261 e. The van der Waals surface area contributed by atoms with Crippen LogP contribution in [-0.2, 0) is 10.0 Å². The Hall–Kier alpha value is -0.670. The van der Waals surface area contributed by atoms with Crippen LogP contribution in [0.15, 0.2) is 16.3 Å². The molecule has 2 N–H and O–H groups in total. The summed E-state index contributed by atoms with van der Waals surface area (Å²) in [7, 11) is -3.47. The summed E-state index contributed by atoms with van der Waals surface area (Å²) in [4.78, 5) is 12.7. The average molecular weight is 394 g/mol. The first-order chi connectivity index (χ1) is 11.0. The summed E-state index contributed by atoms with van der Waals surface area (Å²) in [5, 5.41) is 6.14. The molecule has 0 bridgehead atoms. The van der Waals surface area contributed by atoms with E-state index in [2.05, 4.69) is 17.6 Å². The van der Waals surface area contributed by atoms with Crippen LogP contribution in [0.25, 0.3) is 0 Å². The number of rotatable bonds is 4. The number of hydrogen-bond acceptors (Lipinski definition) is 5. The summed E-state index contributed by atoms with van der Waals surface area (Å²) >= 11 is 1.06. The van der Waals surface area contributed by atoms with Crippen molar-refractivity contribution in [3.8, 4) is 0 Å². The molecular weight excluding hydrogens is 370 g/mol. The largest absolute Gasteiger partial charge is 0.347 e. The Kier molecular flexibility index (Phi) is 6.66. The van der Waals surface area contributed by atoms with Gasteiger partial charge < -0.3 is 10.6 Å². The molecule has 24 heavy (non-hydrogen) atoms. The average Bonchev–Trinajstić information content (AvgIpc) is 3.19. The van der Waals surface area contributed by atoms with Crippen molar-refractivity contribution in [1.29, 1.82) is 0 Å². The Morgan fingerprint density at radius 3 is 2.62 bits per heavy atom. The van der Waals surface area contributed by atoms with Crippen molar-refractivity contribution < 1.29 is 13.2 Å². The number of amides is 1. The lowest BCUT2D eigenvalue weighted by Crippen LogP contribution is -2.37. The van der Waals surface area contributed by atoms with Gasteiger partial charge in [-0.3, -0.25) is 4.79 Å². The Morgan fingerprint density at radius 1 is 1.29 bits per heavy atom. The highest BCUT2D eigenvalue weighted by molar-refractivity contribution is 7.91. The quantitative estimate of drug-likeness (QED) is 0.815. The molecule has 0 aromatic carbocycles. The lowest BCUT2D eigenvalue weighted by atomic mass is 10.0. The topological polar surface area (TPSA) is 78.5 Å². The van der Waals surface area contributed by atoms with Gasteiger partial charge in [0.25, 0.3) is 15.9 Å². The van der Waals surface area contributed by atoms with Crippen LogP contribution in [-0.4, -0.2) is 50.9 Å². The zero-order chi connectivity index (χ0) is 16.4. The predicted molar refractivity (Wildman–Crippen MR) is 97.5 cm³/mol. The lowest BCUT2D eigenvalue weighted by molar-refractivity contribution is 0.0944. The fraction of sp³-hybridized carbons (Fsp3) is 0.667. The van der Waals surface area contributed by atoms with Crippen LogP contribution in [0.5, 0.6) is 0 Å². The van der Waals surface area contributed by atoms with Crippen LogP contribution < -0.4 is 10.6 Å². The SMILES string of the molecule is CC1CCN(S(=O)(=O)c2ccc(C(=O)NC3CCNC3)s2)CC1.Cl. The van der Waals surface area contributed by atoms with Crippen molar-refractivity contribution in [2.24, 2.45) is 5.92 Å². The number of thiophene rings is 1. The van der Waals surface area contributed by atoms with Crippen molar-refractivity contribution in [2.45, 2.75) is 36.4 Å². The number of carbonyl (C=O) groups is 1. The standard InChI is InChI=1S/C15H23N3O3S2.ClH/c1-11-5-8-18(9-6-11)23(20,21)14-3-2-13(22-14)15(19)17-12-4-7-16-10-12;/h2-3,11-12,16H,4-10H2,1H3,(H,17,19);1H. The lowest BCUT2D eigenvalue weighted by Gasteiger charge is -2.28. The molecule has 2 saturated heterocycles. The molecule has 1 aromatic rings. The minimum atomic E-state index is -3.47. The predicted octanol–water partition coefficient (Wildman–Crippen LogP) is 1.68. The van der Waals surface area contributed by atoms with Crippen molar-refractivity contribution in [3.05, 3.63) is 17.0 Å². The molecule has 1 unspecified atom stereocenters. The summed E-state index contributed by atoms with van der Waals surface area (Å²) in [5.41, 5.74) is 0. The van der Waals surface area contributed by atoms with E-state index in [1.54, 1.807) is 16.4 Å². The molecule has 0 aliphatic carbocycles. The first-order valence-corrected chi connectivity index (χ1v) is 10.3. The van der Waals surface area contributed by atoms with Crippen LogP contribution in [0, 0.1) is 5.92 Å². The number of piperidine rings is 1. The first kappa shape index (κ1) is 19.7. The number of carbonyl (C=O) groups excluding carboxylic acids is 1. The van der Waals surface area contributed by atoms with Crippen LogP contribution >= 0.6 is 23.7 Å².